The number of anilines is 3. The molecular weight excluding hydrogens is 395 g/mol. The number of pyridine rings is 1. The molecule has 1 amide bonds. The van der Waals surface area contributed by atoms with Crippen LogP contribution in [0.5, 0.6) is 0 Å². The number of carbonyl (C=O) groups is 1. The lowest BCUT2D eigenvalue weighted by Gasteiger charge is -2.07. The zero-order chi connectivity index (χ0) is 20.5. The summed E-state index contributed by atoms with van der Waals surface area (Å²) in [5, 5.41) is 6.42. The minimum atomic E-state index is -0.505. The second kappa shape index (κ2) is 7.44. The highest BCUT2D eigenvalue weighted by molar-refractivity contribution is 6.31. The van der Waals surface area contributed by atoms with Crippen molar-refractivity contribution < 1.29 is 13.6 Å². The van der Waals surface area contributed by atoms with E-state index in [1.807, 2.05) is 18.2 Å². The predicted octanol–water partition coefficient (Wildman–Crippen LogP) is 4.97. The number of halogens is 2. The molecule has 6 nitrogen and oxygen atoms in total. The summed E-state index contributed by atoms with van der Waals surface area (Å²) in [6, 6.07) is 13.3. The predicted molar refractivity (Wildman–Crippen MR) is 112 cm³/mol. The first-order valence-electron chi connectivity index (χ1n) is 8.69. The van der Waals surface area contributed by atoms with E-state index >= 15 is 0 Å². The van der Waals surface area contributed by atoms with Gasteiger partial charge in [0.05, 0.1) is 5.02 Å². The summed E-state index contributed by atoms with van der Waals surface area (Å²) in [6.07, 6.45) is 1.56. The third kappa shape index (κ3) is 3.48. The van der Waals surface area contributed by atoms with E-state index in [0.717, 1.165) is 16.5 Å². The van der Waals surface area contributed by atoms with Gasteiger partial charge in [0, 0.05) is 29.9 Å². The molecule has 0 aliphatic heterocycles. The first-order valence-corrected chi connectivity index (χ1v) is 9.07. The maximum atomic E-state index is 13.4. The molecule has 0 aliphatic carbocycles. The molecule has 0 unspecified atom stereocenters. The SMILES string of the molecule is CNC(=O)c1cc(-c2cccc3c(Nc4ccc(F)c(Cl)c4)c(N)oc23)ccn1. The molecule has 0 aliphatic rings. The third-order valence-electron chi connectivity index (χ3n) is 4.46. The van der Waals surface area contributed by atoms with Crippen LogP contribution in [-0.4, -0.2) is 17.9 Å². The lowest BCUT2D eigenvalue weighted by atomic mass is 10.0. The number of rotatable bonds is 4. The molecule has 0 bridgehead atoms. The average Bonchev–Trinajstić information content (AvgIpc) is 3.05. The van der Waals surface area contributed by atoms with E-state index in [0.29, 0.717) is 22.7 Å². The van der Waals surface area contributed by atoms with E-state index in [4.69, 9.17) is 21.8 Å². The molecule has 4 N–H and O–H groups in total. The van der Waals surface area contributed by atoms with Crippen molar-refractivity contribution in [2.24, 2.45) is 0 Å². The van der Waals surface area contributed by atoms with Crippen LogP contribution in [0.2, 0.25) is 5.02 Å². The molecule has 0 spiro atoms. The Kier molecular flexibility index (Phi) is 4.82. The minimum Gasteiger partial charge on any atom is -0.438 e. The Hall–Kier alpha value is -3.58. The first-order chi connectivity index (χ1) is 14.0. The molecule has 0 saturated carbocycles. The number of fused-ring (bicyclic) bond motifs is 1. The molecule has 0 atom stereocenters. The lowest BCUT2D eigenvalue weighted by Crippen LogP contribution is -2.19. The Bertz CT molecular complexity index is 1240. The fraction of sp³-hybridized carbons (Fsp3) is 0.0476. The van der Waals surface area contributed by atoms with E-state index in [9.17, 15) is 9.18 Å². The Morgan fingerprint density at radius 3 is 2.79 bits per heavy atom. The largest absolute Gasteiger partial charge is 0.438 e. The van der Waals surface area contributed by atoms with Gasteiger partial charge in [0.2, 0.25) is 5.88 Å². The van der Waals surface area contributed by atoms with E-state index in [2.05, 4.69) is 15.6 Å². The van der Waals surface area contributed by atoms with Crippen molar-refractivity contribution in [3.8, 4) is 11.1 Å². The molecule has 0 saturated heterocycles. The van der Waals surface area contributed by atoms with Crippen LogP contribution in [0.25, 0.3) is 22.1 Å². The lowest BCUT2D eigenvalue weighted by molar-refractivity contribution is 0.0958. The number of hydrogen-bond acceptors (Lipinski definition) is 5. The van der Waals surface area contributed by atoms with Crippen LogP contribution < -0.4 is 16.4 Å². The second-order valence-corrected chi connectivity index (χ2v) is 6.69. The highest BCUT2D eigenvalue weighted by Crippen LogP contribution is 2.40. The van der Waals surface area contributed by atoms with Crippen molar-refractivity contribution in [1.29, 1.82) is 0 Å². The van der Waals surface area contributed by atoms with Crippen molar-refractivity contribution in [3.63, 3.8) is 0 Å². The van der Waals surface area contributed by atoms with Crippen LogP contribution in [-0.2, 0) is 0 Å². The smallest absolute Gasteiger partial charge is 0.269 e. The number of nitrogens with one attached hydrogen (secondary N) is 2. The number of furan rings is 1. The van der Waals surface area contributed by atoms with Gasteiger partial charge < -0.3 is 20.8 Å². The van der Waals surface area contributed by atoms with Gasteiger partial charge in [0.25, 0.3) is 5.91 Å². The summed E-state index contributed by atoms with van der Waals surface area (Å²) in [5.41, 5.74) is 9.58. The molecule has 2 aromatic carbocycles. The third-order valence-corrected chi connectivity index (χ3v) is 4.75. The molecule has 29 heavy (non-hydrogen) atoms. The second-order valence-electron chi connectivity index (χ2n) is 6.29. The van der Waals surface area contributed by atoms with E-state index < -0.39 is 5.82 Å². The van der Waals surface area contributed by atoms with E-state index in [1.54, 1.807) is 31.4 Å². The zero-order valence-corrected chi connectivity index (χ0v) is 16.0. The summed E-state index contributed by atoms with van der Waals surface area (Å²) in [5.74, 6) is -0.615. The maximum absolute atomic E-state index is 13.4. The van der Waals surface area contributed by atoms with Crippen molar-refractivity contribution in [2.45, 2.75) is 0 Å². The van der Waals surface area contributed by atoms with Gasteiger partial charge in [0.15, 0.2) is 0 Å². The maximum Gasteiger partial charge on any atom is 0.269 e. The minimum absolute atomic E-state index is 0.000534. The van der Waals surface area contributed by atoms with Gasteiger partial charge in [-0.05, 0) is 42.0 Å². The summed E-state index contributed by atoms with van der Waals surface area (Å²) >= 11 is 5.86. The molecular formula is C21H16ClFN4O2. The van der Waals surface area contributed by atoms with Gasteiger partial charge >= 0.3 is 0 Å². The Balaban J connectivity index is 1.80. The molecule has 4 aromatic rings. The van der Waals surface area contributed by atoms with Crippen LogP contribution >= 0.6 is 11.6 Å². The van der Waals surface area contributed by atoms with Crippen LogP contribution in [0.15, 0.2) is 59.1 Å². The van der Waals surface area contributed by atoms with Crippen molar-refractivity contribution in [1.82, 2.24) is 10.3 Å². The van der Waals surface area contributed by atoms with Crippen LogP contribution in [0.4, 0.5) is 21.6 Å². The quantitative estimate of drug-likeness (QED) is 0.441. The molecule has 8 heteroatoms. The number of carbonyl (C=O) groups excluding carboxylic acids is 1. The standard InChI is InChI=1S/C21H16ClFN4O2/c1-25-21(28)17-9-11(7-8-26-17)13-3-2-4-14-18(20(24)29-19(13)14)27-12-5-6-16(23)15(22)10-12/h2-10,27H,24H2,1H3,(H,25,28). The number of amides is 1. The average molecular weight is 411 g/mol. The molecule has 4 rings (SSSR count). The monoisotopic (exact) mass is 410 g/mol. The highest BCUT2D eigenvalue weighted by Gasteiger charge is 2.17. The van der Waals surface area contributed by atoms with Crippen LogP contribution in [0.3, 0.4) is 0 Å². The number of aromatic nitrogens is 1. The van der Waals surface area contributed by atoms with Gasteiger partial charge in [-0.15, -0.1) is 0 Å². The summed E-state index contributed by atoms with van der Waals surface area (Å²) in [6.45, 7) is 0. The van der Waals surface area contributed by atoms with Gasteiger partial charge in [-0.1, -0.05) is 23.7 Å². The first kappa shape index (κ1) is 18.8. The number of nitrogens with two attached hydrogens (primary N) is 1. The molecule has 146 valence electrons. The van der Waals surface area contributed by atoms with Crippen LogP contribution in [0, 0.1) is 5.82 Å². The number of benzene rings is 2. The Labute approximate surface area is 170 Å². The molecule has 2 heterocycles. The molecule has 2 aromatic heterocycles. The summed E-state index contributed by atoms with van der Waals surface area (Å²) in [4.78, 5) is 16.0. The van der Waals surface area contributed by atoms with Crippen molar-refractivity contribution in [2.75, 3.05) is 18.1 Å². The van der Waals surface area contributed by atoms with Crippen LogP contribution in [0.1, 0.15) is 10.5 Å². The number of para-hydroxylation sites is 1. The Morgan fingerprint density at radius 1 is 1.21 bits per heavy atom. The van der Waals surface area contributed by atoms with Crippen molar-refractivity contribution >= 4 is 45.7 Å². The molecule has 0 radical (unpaired) electrons. The van der Waals surface area contributed by atoms with Crippen molar-refractivity contribution in [3.05, 3.63) is 71.3 Å². The zero-order valence-electron chi connectivity index (χ0n) is 15.3. The highest BCUT2D eigenvalue weighted by atomic mass is 35.5. The molecule has 0 fully saturated rings. The summed E-state index contributed by atoms with van der Waals surface area (Å²) in [7, 11) is 1.55. The van der Waals surface area contributed by atoms with Gasteiger partial charge in [-0.3, -0.25) is 9.78 Å². The van der Waals surface area contributed by atoms with Gasteiger partial charge in [-0.25, -0.2) is 4.39 Å². The topological polar surface area (TPSA) is 93.2 Å². The Morgan fingerprint density at radius 2 is 2.03 bits per heavy atom. The summed E-state index contributed by atoms with van der Waals surface area (Å²) < 4.78 is 19.3. The van der Waals surface area contributed by atoms with Gasteiger partial charge in [-0.2, -0.15) is 0 Å². The van der Waals surface area contributed by atoms with E-state index in [1.165, 1.54) is 12.1 Å². The number of hydrogen-bond donors (Lipinski definition) is 3. The number of nitrogens with zero attached hydrogens (tertiary/aromatic N) is 1. The fourth-order valence-electron chi connectivity index (χ4n) is 3.06. The normalized spacial score (nSPS) is 10.9. The van der Waals surface area contributed by atoms with Gasteiger partial charge in [0.1, 0.15) is 22.8 Å². The van der Waals surface area contributed by atoms with E-state index in [-0.39, 0.29) is 16.8 Å². The fourth-order valence-corrected chi connectivity index (χ4v) is 3.24. The number of nitrogen functional groups attached to an aromatic ring is 1.